The van der Waals surface area contributed by atoms with E-state index in [1.807, 2.05) is 19.1 Å². The largest absolute Gasteiger partial charge is 0.444 e. The van der Waals surface area contributed by atoms with Crippen molar-refractivity contribution in [2.75, 3.05) is 5.32 Å². The number of amides is 1. The van der Waals surface area contributed by atoms with Crippen molar-refractivity contribution < 1.29 is 23.9 Å². The fourth-order valence-electron chi connectivity index (χ4n) is 2.36. The van der Waals surface area contributed by atoms with Gasteiger partial charge in [0.05, 0.1) is 12.8 Å². The van der Waals surface area contributed by atoms with Crippen molar-refractivity contribution >= 4 is 23.7 Å². The van der Waals surface area contributed by atoms with Crippen LogP contribution in [0.4, 0.5) is 10.5 Å². The Morgan fingerprint density at radius 1 is 1.22 bits per heavy atom. The third-order valence-corrected chi connectivity index (χ3v) is 3.42. The van der Waals surface area contributed by atoms with Gasteiger partial charge in [-0.25, -0.2) is 4.79 Å². The molecule has 0 bridgehead atoms. The van der Waals surface area contributed by atoms with Crippen LogP contribution in [0, 0.1) is 6.92 Å². The maximum Gasteiger partial charge on any atom is 0.412 e. The van der Waals surface area contributed by atoms with Crippen LogP contribution in [0.1, 0.15) is 50.7 Å². The topological polar surface area (TPSA) is 81.7 Å². The molecule has 2 rings (SSSR count). The molecule has 0 aromatic heterocycles. The zero-order valence-corrected chi connectivity index (χ0v) is 13.8. The van der Waals surface area contributed by atoms with Gasteiger partial charge in [-0.1, -0.05) is 12.1 Å². The van der Waals surface area contributed by atoms with Crippen LogP contribution < -0.4 is 5.32 Å². The van der Waals surface area contributed by atoms with E-state index in [-0.39, 0.29) is 18.8 Å². The van der Waals surface area contributed by atoms with Gasteiger partial charge in [0.15, 0.2) is 0 Å². The molecule has 1 aromatic carbocycles. The highest BCUT2D eigenvalue weighted by molar-refractivity contribution is 5.90. The number of esters is 2. The van der Waals surface area contributed by atoms with Crippen LogP contribution in [-0.2, 0) is 19.1 Å². The second kappa shape index (κ2) is 6.40. The smallest absolute Gasteiger partial charge is 0.412 e. The molecular formula is C17H21NO5. The molecule has 1 aliphatic rings. The first kappa shape index (κ1) is 17.0. The number of anilines is 1. The van der Waals surface area contributed by atoms with Crippen molar-refractivity contribution in [3.05, 3.63) is 29.3 Å². The Balaban J connectivity index is 2.17. The number of rotatable bonds is 2. The third kappa shape index (κ3) is 4.81. The van der Waals surface area contributed by atoms with Crippen molar-refractivity contribution in [3.63, 3.8) is 0 Å². The van der Waals surface area contributed by atoms with Gasteiger partial charge in [0.1, 0.15) is 5.60 Å². The predicted octanol–water partition coefficient (Wildman–Crippen LogP) is 3.29. The van der Waals surface area contributed by atoms with Gasteiger partial charge in [-0.05, 0) is 44.9 Å². The standard InChI is InChI=1S/C17H21NO5/c1-10-5-6-11(12-8-14(19)22-15(20)9-12)7-13(10)18-16(21)23-17(2,3)4/h5-7,12H,8-9H2,1-4H3,(H,18,21). The van der Waals surface area contributed by atoms with Gasteiger partial charge in [0.2, 0.25) is 0 Å². The number of benzene rings is 1. The van der Waals surface area contributed by atoms with Crippen molar-refractivity contribution in [3.8, 4) is 0 Å². The quantitative estimate of drug-likeness (QED) is 0.668. The van der Waals surface area contributed by atoms with E-state index in [0.717, 1.165) is 11.1 Å². The highest BCUT2D eigenvalue weighted by Crippen LogP contribution is 2.31. The van der Waals surface area contributed by atoms with Crippen molar-refractivity contribution in [2.24, 2.45) is 0 Å². The molecular weight excluding hydrogens is 298 g/mol. The summed E-state index contributed by atoms with van der Waals surface area (Å²) in [5.41, 5.74) is 1.69. The molecule has 0 unspecified atom stereocenters. The van der Waals surface area contributed by atoms with E-state index in [0.29, 0.717) is 5.69 Å². The molecule has 1 saturated heterocycles. The number of carbonyl (C=O) groups excluding carboxylic acids is 3. The Labute approximate surface area is 135 Å². The summed E-state index contributed by atoms with van der Waals surface area (Å²) in [6.45, 7) is 7.22. The fraction of sp³-hybridized carbons (Fsp3) is 0.471. The predicted molar refractivity (Wildman–Crippen MR) is 84.1 cm³/mol. The van der Waals surface area contributed by atoms with Crippen LogP contribution in [0.25, 0.3) is 0 Å². The van der Waals surface area contributed by atoms with E-state index in [1.165, 1.54) is 0 Å². The molecule has 0 aliphatic carbocycles. The highest BCUT2D eigenvalue weighted by atomic mass is 16.6. The number of aryl methyl sites for hydroxylation is 1. The average molecular weight is 319 g/mol. The molecule has 1 aromatic rings. The second-order valence-corrected chi connectivity index (χ2v) is 6.65. The number of ether oxygens (including phenoxy) is 2. The van der Waals surface area contributed by atoms with E-state index in [4.69, 9.17) is 4.74 Å². The van der Waals surface area contributed by atoms with E-state index in [9.17, 15) is 14.4 Å². The molecule has 0 atom stereocenters. The Kier molecular flexibility index (Phi) is 4.73. The fourth-order valence-corrected chi connectivity index (χ4v) is 2.36. The first-order valence-corrected chi connectivity index (χ1v) is 7.48. The van der Waals surface area contributed by atoms with Gasteiger partial charge in [-0.3, -0.25) is 14.9 Å². The summed E-state index contributed by atoms with van der Waals surface area (Å²) in [6.07, 6.45) is -0.238. The molecule has 0 saturated carbocycles. The summed E-state index contributed by atoms with van der Waals surface area (Å²) >= 11 is 0. The van der Waals surface area contributed by atoms with Crippen LogP contribution in [-0.4, -0.2) is 23.6 Å². The molecule has 0 radical (unpaired) electrons. The number of hydrogen-bond donors (Lipinski definition) is 1. The lowest BCUT2D eigenvalue weighted by atomic mass is 9.90. The molecule has 1 fully saturated rings. The molecule has 6 nitrogen and oxygen atoms in total. The van der Waals surface area contributed by atoms with Crippen molar-refractivity contribution in [1.29, 1.82) is 0 Å². The van der Waals surface area contributed by atoms with Gasteiger partial charge in [0, 0.05) is 11.6 Å². The number of hydrogen-bond acceptors (Lipinski definition) is 5. The first-order chi connectivity index (χ1) is 10.6. The van der Waals surface area contributed by atoms with Gasteiger partial charge in [0.25, 0.3) is 0 Å². The Bertz CT molecular complexity index is 629. The Morgan fingerprint density at radius 3 is 2.39 bits per heavy atom. The van der Waals surface area contributed by atoms with Gasteiger partial charge in [-0.2, -0.15) is 0 Å². The van der Waals surface area contributed by atoms with Gasteiger partial charge < -0.3 is 9.47 Å². The molecule has 1 heterocycles. The van der Waals surface area contributed by atoms with E-state index < -0.39 is 23.6 Å². The summed E-state index contributed by atoms with van der Waals surface area (Å²) < 4.78 is 9.78. The second-order valence-electron chi connectivity index (χ2n) is 6.65. The minimum atomic E-state index is -0.588. The SMILES string of the molecule is Cc1ccc(C2CC(=O)OC(=O)C2)cc1NC(=O)OC(C)(C)C. The zero-order valence-electron chi connectivity index (χ0n) is 13.8. The molecule has 124 valence electrons. The summed E-state index contributed by atoms with van der Waals surface area (Å²) in [5, 5.41) is 2.71. The number of cyclic esters (lactones) is 2. The molecule has 6 heteroatoms. The Hall–Kier alpha value is -2.37. The maximum absolute atomic E-state index is 11.9. The summed E-state index contributed by atoms with van der Waals surface area (Å²) in [5.74, 6) is -1.27. The van der Waals surface area contributed by atoms with Crippen molar-refractivity contribution in [1.82, 2.24) is 0 Å². The minimum Gasteiger partial charge on any atom is -0.444 e. The molecule has 1 aliphatic heterocycles. The molecule has 0 spiro atoms. The molecule has 1 amide bonds. The van der Waals surface area contributed by atoms with E-state index in [1.54, 1.807) is 26.8 Å². The van der Waals surface area contributed by atoms with Crippen molar-refractivity contribution in [2.45, 2.75) is 52.1 Å². The van der Waals surface area contributed by atoms with Gasteiger partial charge in [-0.15, -0.1) is 0 Å². The number of nitrogens with one attached hydrogen (secondary N) is 1. The zero-order chi connectivity index (χ0) is 17.2. The maximum atomic E-state index is 11.9. The van der Waals surface area contributed by atoms with Crippen LogP contribution in [0.3, 0.4) is 0 Å². The third-order valence-electron chi connectivity index (χ3n) is 3.42. The summed E-state index contributed by atoms with van der Waals surface area (Å²) in [6, 6.07) is 5.47. The lowest BCUT2D eigenvalue weighted by Crippen LogP contribution is -2.27. The van der Waals surface area contributed by atoms with E-state index in [2.05, 4.69) is 10.1 Å². The highest BCUT2D eigenvalue weighted by Gasteiger charge is 2.28. The lowest BCUT2D eigenvalue weighted by Gasteiger charge is -2.22. The summed E-state index contributed by atoms with van der Waals surface area (Å²) in [4.78, 5) is 34.7. The van der Waals surface area contributed by atoms with Crippen LogP contribution >= 0.6 is 0 Å². The van der Waals surface area contributed by atoms with E-state index >= 15 is 0 Å². The monoisotopic (exact) mass is 319 g/mol. The van der Waals surface area contributed by atoms with Crippen LogP contribution in [0.2, 0.25) is 0 Å². The number of carbonyl (C=O) groups is 3. The first-order valence-electron chi connectivity index (χ1n) is 7.48. The van der Waals surface area contributed by atoms with Crippen LogP contribution in [0.15, 0.2) is 18.2 Å². The lowest BCUT2D eigenvalue weighted by molar-refractivity contribution is -0.163. The summed E-state index contributed by atoms with van der Waals surface area (Å²) in [7, 11) is 0. The normalized spacial score (nSPS) is 16.0. The minimum absolute atomic E-state index is 0.153. The Morgan fingerprint density at radius 2 is 1.83 bits per heavy atom. The molecule has 1 N–H and O–H groups in total. The average Bonchev–Trinajstić information content (AvgIpc) is 2.38. The molecule has 23 heavy (non-hydrogen) atoms. The van der Waals surface area contributed by atoms with Crippen LogP contribution in [0.5, 0.6) is 0 Å². The van der Waals surface area contributed by atoms with Gasteiger partial charge >= 0.3 is 18.0 Å².